The Morgan fingerprint density at radius 3 is 2.52 bits per heavy atom. The van der Waals surface area contributed by atoms with E-state index in [9.17, 15) is 0 Å². The Bertz CT molecular complexity index is 444. The molecule has 1 heterocycles. The largest absolute Gasteiger partial charge is 0.379 e. The van der Waals surface area contributed by atoms with Crippen molar-refractivity contribution in [2.75, 3.05) is 38.2 Å². The molecular weight excluding hydrogens is 379 g/mol. The van der Waals surface area contributed by atoms with Crippen molar-refractivity contribution in [2.24, 2.45) is 10.7 Å². The highest BCUT2D eigenvalue weighted by atomic mass is 127. The van der Waals surface area contributed by atoms with Crippen molar-refractivity contribution in [3.8, 4) is 0 Å². The van der Waals surface area contributed by atoms with Gasteiger partial charge in [0.1, 0.15) is 0 Å². The average molecular weight is 404 g/mol. The van der Waals surface area contributed by atoms with Crippen LogP contribution in [0.3, 0.4) is 0 Å². The van der Waals surface area contributed by atoms with E-state index in [-0.39, 0.29) is 29.5 Å². The third-order valence-corrected chi connectivity index (χ3v) is 3.55. The molecule has 3 N–H and O–H groups in total. The molecule has 1 aromatic carbocycles. The van der Waals surface area contributed by atoms with Gasteiger partial charge in [0.25, 0.3) is 0 Å². The lowest BCUT2D eigenvalue weighted by molar-refractivity contribution is -0.00680. The lowest BCUT2D eigenvalue weighted by Gasteiger charge is -2.39. The molecule has 0 saturated carbocycles. The zero-order chi connectivity index (χ0) is 14.4. The van der Waals surface area contributed by atoms with E-state index in [1.54, 1.807) is 0 Å². The van der Waals surface area contributed by atoms with Crippen LogP contribution in [-0.4, -0.2) is 49.2 Å². The second kappa shape index (κ2) is 8.55. The maximum atomic E-state index is 5.94. The van der Waals surface area contributed by atoms with Gasteiger partial charge in [-0.25, -0.2) is 0 Å². The minimum Gasteiger partial charge on any atom is -0.379 e. The zero-order valence-corrected chi connectivity index (χ0v) is 15.0. The lowest BCUT2D eigenvalue weighted by Crippen LogP contribution is -2.51. The maximum absolute atomic E-state index is 5.94. The van der Waals surface area contributed by atoms with Crippen molar-refractivity contribution < 1.29 is 4.74 Å². The number of guanidine groups is 1. The van der Waals surface area contributed by atoms with Crippen molar-refractivity contribution in [3.05, 3.63) is 30.3 Å². The Balaban J connectivity index is 0.00000220. The summed E-state index contributed by atoms with van der Waals surface area (Å²) in [5, 5.41) is 3.10. The monoisotopic (exact) mass is 404 g/mol. The summed E-state index contributed by atoms with van der Waals surface area (Å²) in [6.45, 7) is 8.55. The van der Waals surface area contributed by atoms with Crippen LogP contribution in [0, 0.1) is 0 Å². The number of hydrogen-bond acceptors (Lipinski definition) is 3. The number of nitrogens with one attached hydrogen (secondary N) is 1. The summed E-state index contributed by atoms with van der Waals surface area (Å²) in [6.07, 6.45) is 0. The minimum atomic E-state index is -0.00717. The second-order valence-electron chi connectivity index (χ2n) is 5.60. The van der Waals surface area contributed by atoms with Gasteiger partial charge >= 0.3 is 0 Å². The first kappa shape index (κ1) is 18.2. The normalized spacial score (nSPS) is 17.1. The number of ether oxygens (including phenoxy) is 1. The Labute approximate surface area is 144 Å². The maximum Gasteiger partial charge on any atom is 0.193 e. The first-order valence-electron chi connectivity index (χ1n) is 7.03. The molecule has 1 fully saturated rings. The number of nitrogens with zero attached hydrogens (tertiary/aromatic N) is 2. The molecule has 5 nitrogen and oxygen atoms in total. The number of benzene rings is 1. The van der Waals surface area contributed by atoms with Crippen LogP contribution >= 0.6 is 24.0 Å². The van der Waals surface area contributed by atoms with E-state index < -0.39 is 0 Å². The third-order valence-electron chi connectivity index (χ3n) is 3.55. The number of anilines is 1. The van der Waals surface area contributed by atoms with Crippen LogP contribution in [0.1, 0.15) is 13.8 Å². The molecule has 1 saturated heterocycles. The molecule has 118 valence electrons. The number of hydrogen-bond donors (Lipinski definition) is 2. The lowest BCUT2D eigenvalue weighted by atomic mass is 10.0. The topological polar surface area (TPSA) is 62.9 Å². The summed E-state index contributed by atoms with van der Waals surface area (Å²) >= 11 is 0. The molecule has 1 aromatic rings. The van der Waals surface area contributed by atoms with E-state index in [4.69, 9.17) is 10.5 Å². The zero-order valence-electron chi connectivity index (χ0n) is 12.7. The highest BCUT2D eigenvalue weighted by Crippen LogP contribution is 2.16. The molecule has 0 aliphatic carbocycles. The van der Waals surface area contributed by atoms with Gasteiger partial charge in [0.2, 0.25) is 0 Å². The molecule has 0 unspecified atom stereocenters. The molecule has 0 aromatic heterocycles. The number of nitrogens with two attached hydrogens (primary N) is 1. The molecule has 21 heavy (non-hydrogen) atoms. The van der Waals surface area contributed by atoms with Gasteiger partial charge < -0.3 is 15.8 Å². The predicted molar refractivity (Wildman–Crippen MR) is 98.4 cm³/mol. The quantitative estimate of drug-likeness (QED) is 0.459. The number of aliphatic imine (C=N–C) groups is 1. The smallest absolute Gasteiger partial charge is 0.193 e. The van der Waals surface area contributed by atoms with Crippen LogP contribution in [0.2, 0.25) is 0 Å². The molecule has 1 aliphatic heterocycles. The Hall–Kier alpha value is -0.860. The Kier molecular flexibility index (Phi) is 7.41. The molecule has 0 atom stereocenters. The van der Waals surface area contributed by atoms with Crippen LogP contribution in [-0.2, 0) is 4.74 Å². The molecule has 6 heteroatoms. The second-order valence-corrected chi connectivity index (χ2v) is 5.60. The molecule has 0 spiro atoms. The van der Waals surface area contributed by atoms with Crippen molar-refractivity contribution in [1.82, 2.24) is 4.90 Å². The van der Waals surface area contributed by atoms with Crippen LogP contribution < -0.4 is 11.1 Å². The van der Waals surface area contributed by atoms with Crippen molar-refractivity contribution in [2.45, 2.75) is 19.4 Å². The van der Waals surface area contributed by atoms with E-state index in [1.807, 2.05) is 30.3 Å². The number of para-hydroxylation sites is 1. The Morgan fingerprint density at radius 2 is 1.90 bits per heavy atom. The molecule has 2 rings (SSSR count). The molecule has 0 radical (unpaired) electrons. The van der Waals surface area contributed by atoms with Gasteiger partial charge in [-0.15, -0.1) is 24.0 Å². The summed E-state index contributed by atoms with van der Waals surface area (Å²) in [5.41, 5.74) is 6.89. The summed E-state index contributed by atoms with van der Waals surface area (Å²) in [7, 11) is 0. The number of halogens is 1. The number of morpholine rings is 1. The van der Waals surface area contributed by atoms with E-state index in [1.165, 1.54) is 0 Å². The fourth-order valence-corrected chi connectivity index (χ4v) is 2.26. The first-order chi connectivity index (χ1) is 9.58. The molecule has 0 amide bonds. The molecule has 1 aliphatic rings. The summed E-state index contributed by atoms with van der Waals surface area (Å²) in [6, 6.07) is 9.84. The highest BCUT2D eigenvalue weighted by molar-refractivity contribution is 14.0. The van der Waals surface area contributed by atoms with E-state index in [0.717, 1.165) is 32.0 Å². The summed E-state index contributed by atoms with van der Waals surface area (Å²) < 4.78 is 5.38. The van der Waals surface area contributed by atoms with Gasteiger partial charge in [0.15, 0.2) is 5.96 Å². The van der Waals surface area contributed by atoms with E-state index in [2.05, 4.69) is 29.1 Å². The third kappa shape index (κ3) is 5.80. The summed E-state index contributed by atoms with van der Waals surface area (Å²) in [4.78, 5) is 6.87. The Morgan fingerprint density at radius 1 is 1.29 bits per heavy atom. The first-order valence-corrected chi connectivity index (χ1v) is 7.03. The van der Waals surface area contributed by atoms with Crippen LogP contribution in [0.25, 0.3) is 0 Å². The van der Waals surface area contributed by atoms with E-state index >= 15 is 0 Å². The van der Waals surface area contributed by atoms with E-state index in [0.29, 0.717) is 12.5 Å². The number of rotatable bonds is 4. The van der Waals surface area contributed by atoms with Crippen LogP contribution in [0.15, 0.2) is 35.3 Å². The fraction of sp³-hybridized carbons (Fsp3) is 0.533. The van der Waals surface area contributed by atoms with Gasteiger partial charge in [-0.2, -0.15) is 0 Å². The van der Waals surface area contributed by atoms with Crippen LogP contribution in [0.4, 0.5) is 5.69 Å². The average Bonchev–Trinajstić information content (AvgIpc) is 2.47. The minimum absolute atomic E-state index is 0. The van der Waals surface area contributed by atoms with Gasteiger partial charge in [-0.3, -0.25) is 9.89 Å². The van der Waals surface area contributed by atoms with Gasteiger partial charge in [0, 0.05) is 24.3 Å². The molecule has 0 bridgehead atoms. The van der Waals surface area contributed by atoms with Crippen LogP contribution in [0.5, 0.6) is 0 Å². The van der Waals surface area contributed by atoms with Gasteiger partial charge in [-0.05, 0) is 26.0 Å². The van der Waals surface area contributed by atoms with Gasteiger partial charge in [-0.1, -0.05) is 18.2 Å². The molecular formula is C15H25IN4O. The SMILES string of the molecule is CC(C)(CN=C(N)Nc1ccccc1)N1CCOCC1.I. The summed E-state index contributed by atoms with van der Waals surface area (Å²) in [5.74, 6) is 0.456. The standard InChI is InChI=1S/C15H24N4O.HI/c1-15(2,19-8-10-20-11-9-19)12-17-14(16)18-13-6-4-3-5-7-13;/h3-7H,8-12H2,1-2H3,(H3,16,17,18);1H. The van der Waals surface area contributed by atoms with Crippen molar-refractivity contribution >= 4 is 35.6 Å². The van der Waals surface area contributed by atoms with Crippen molar-refractivity contribution in [3.63, 3.8) is 0 Å². The fourth-order valence-electron chi connectivity index (χ4n) is 2.26. The van der Waals surface area contributed by atoms with Crippen molar-refractivity contribution in [1.29, 1.82) is 0 Å². The highest BCUT2D eigenvalue weighted by Gasteiger charge is 2.27. The van der Waals surface area contributed by atoms with Gasteiger partial charge in [0.05, 0.1) is 19.8 Å². The predicted octanol–water partition coefficient (Wildman–Crippen LogP) is 2.14.